The van der Waals surface area contributed by atoms with E-state index in [2.05, 4.69) is 15.6 Å². The fraction of sp³-hybridized carbons (Fsp3) is 0.158. The smallest absolute Gasteiger partial charge is 0.257 e. The summed E-state index contributed by atoms with van der Waals surface area (Å²) >= 11 is 1.42. The predicted octanol–water partition coefficient (Wildman–Crippen LogP) is 4.32. The molecule has 0 fully saturated rings. The number of nitrogens with zero attached hydrogens (tertiary/aromatic N) is 1. The molecule has 0 saturated heterocycles. The van der Waals surface area contributed by atoms with Crippen molar-refractivity contribution in [2.45, 2.75) is 13.5 Å². The largest absolute Gasteiger partial charge is 0.495 e. The van der Waals surface area contributed by atoms with Crippen molar-refractivity contribution in [2.75, 3.05) is 17.7 Å². The average molecular weight is 353 g/mol. The number of ether oxygens (including phenoxy) is 1. The highest BCUT2D eigenvalue weighted by atomic mass is 32.1. The van der Waals surface area contributed by atoms with Crippen molar-refractivity contribution < 1.29 is 9.53 Å². The molecule has 0 bridgehead atoms. The number of para-hydroxylation sites is 2. The number of methoxy groups -OCH3 is 1. The first-order chi connectivity index (χ1) is 12.2. The molecule has 2 aromatic carbocycles. The highest BCUT2D eigenvalue weighted by Gasteiger charge is 2.08. The number of amides is 1. The molecular weight excluding hydrogens is 334 g/mol. The zero-order valence-corrected chi connectivity index (χ0v) is 14.9. The van der Waals surface area contributed by atoms with E-state index in [4.69, 9.17) is 4.74 Å². The molecule has 2 N–H and O–H groups in total. The molecule has 0 saturated carbocycles. The van der Waals surface area contributed by atoms with Crippen LogP contribution in [0.2, 0.25) is 0 Å². The third-order valence-electron chi connectivity index (χ3n) is 3.65. The van der Waals surface area contributed by atoms with E-state index in [0.717, 1.165) is 22.7 Å². The summed E-state index contributed by atoms with van der Waals surface area (Å²) < 4.78 is 5.32. The lowest BCUT2D eigenvalue weighted by molar-refractivity contribution is 0.102. The number of carbonyl (C=O) groups excluding carboxylic acids is 1. The lowest BCUT2D eigenvalue weighted by atomic mass is 10.1. The molecular formula is C19H19N3O2S. The van der Waals surface area contributed by atoms with Crippen LogP contribution in [-0.2, 0) is 6.54 Å². The van der Waals surface area contributed by atoms with Gasteiger partial charge in [-0.25, -0.2) is 4.98 Å². The van der Waals surface area contributed by atoms with E-state index in [1.807, 2.05) is 60.8 Å². The van der Waals surface area contributed by atoms with Crippen LogP contribution in [0.4, 0.5) is 10.8 Å². The van der Waals surface area contributed by atoms with Crippen molar-refractivity contribution >= 4 is 28.1 Å². The van der Waals surface area contributed by atoms with Gasteiger partial charge in [0, 0.05) is 17.5 Å². The molecule has 25 heavy (non-hydrogen) atoms. The fourth-order valence-electron chi connectivity index (χ4n) is 2.34. The first-order valence-electron chi connectivity index (χ1n) is 7.85. The van der Waals surface area contributed by atoms with Gasteiger partial charge in [0.1, 0.15) is 5.75 Å². The van der Waals surface area contributed by atoms with Gasteiger partial charge in [0.25, 0.3) is 5.91 Å². The highest BCUT2D eigenvalue weighted by Crippen LogP contribution is 2.23. The quantitative estimate of drug-likeness (QED) is 0.692. The van der Waals surface area contributed by atoms with E-state index < -0.39 is 0 Å². The van der Waals surface area contributed by atoms with Crippen LogP contribution in [0.15, 0.2) is 53.9 Å². The number of aryl methyl sites for hydroxylation is 1. The molecule has 128 valence electrons. The summed E-state index contributed by atoms with van der Waals surface area (Å²) in [4.78, 5) is 16.5. The van der Waals surface area contributed by atoms with Crippen molar-refractivity contribution in [3.63, 3.8) is 0 Å². The summed E-state index contributed by atoms with van der Waals surface area (Å²) in [6, 6.07) is 15.3. The predicted molar refractivity (Wildman–Crippen MR) is 102 cm³/mol. The maximum absolute atomic E-state index is 12.2. The lowest BCUT2D eigenvalue weighted by Crippen LogP contribution is -2.11. The molecule has 0 atom stereocenters. The minimum Gasteiger partial charge on any atom is -0.495 e. The third kappa shape index (κ3) is 4.36. The Kier molecular flexibility index (Phi) is 5.30. The summed E-state index contributed by atoms with van der Waals surface area (Å²) in [6.07, 6.45) is 0. The maximum atomic E-state index is 12.2. The topological polar surface area (TPSA) is 63.2 Å². The Bertz CT molecular complexity index is 859. The van der Waals surface area contributed by atoms with E-state index in [1.165, 1.54) is 11.3 Å². The molecule has 0 aliphatic heterocycles. The van der Waals surface area contributed by atoms with E-state index in [1.54, 1.807) is 7.11 Å². The molecule has 0 unspecified atom stereocenters. The van der Waals surface area contributed by atoms with Crippen LogP contribution in [0.5, 0.6) is 5.75 Å². The zero-order valence-electron chi connectivity index (χ0n) is 14.1. The van der Waals surface area contributed by atoms with Gasteiger partial charge in [0.05, 0.1) is 18.5 Å². The van der Waals surface area contributed by atoms with Crippen LogP contribution in [0.3, 0.4) is 0 Å². The number of anilines is 2. The molecule has 0 aliphatic rings. The standard InChI is InChI=1S/C19H19N3O2S/c1-13-12-25-19(21-13)22-18(23)15-9-7-14(8-10-15)11-20-16-5-3-4-6-17(16)24-2/h3-10,12,20H,11H2,1-2H3,(H,21,22,23). The molecule has 0 radical (unpaired) electrons. The van der Waals surface area contributed by atoms with Crippen LogP contribution in [0.25, 0.3) is 0 Å². The number of nitrogens with one attached hydrogen (secondary N) is 2. The van der Waals surface area contributed by atoms with Crippen LogP contribution in [0.1, 0.15) is 21.6 Å². The van der Waals surface area contributed by atoms with Crippen molar-refractivity contribution in [3.05, 3.63) is 70.7 Å². The second-order valence-corrected chi connectivity index (χ2v) is 6.36. The highest BCUT2D eigenvalue weighted by molar-refractivity contribution is 7.13. The van der Waals surface area contributed by atoms with Crippen molar-refractivity contribution in [2.24, 2.45) is 0 Å². The number of hydrogen-bond donors (Lipinski definition) is 2. The molecule has 6 heteroatoms. The first-order valence-corrected chi connectivity index (χ1v) is 8.73. The Morgan fingerprint density at radius 2 is 1.92 bits per heavy atom. The first kappa shape index (κ1) is 17.0. The third-order valence-corrected chi connectivity index (χ3v) is 4.52. The number of aromatic nitrogens is 1. The van der Waals surface area contributed by atoms with Gasteiger partial charge in [-0.2, -0.15) is 0 Å². The summed E-state index contributed by atoms with van der Waals surface area (Å²) in [7, 11) is 1.65. The van der Waals surface area contributed by atoms with Crippen LogP contribution < -0.4 is 15.4 Å². The Hall–Kier alpha value is -2.86. The minimum atomic E-state index is -0.154. The van der Waals surface area contributed by atoms with Gasteiger partial charge in [-0.3, -0.25) is 10.1 Å². The Labute approximate surface area is 150 Å². The number of carbonyl (C=O) groups is 1. The molecule has 5 nitrogen and oxygen atoms in total. The number of benzene rings is 2. The van der Waals surface area contributed by atoms with Crippen LogP contribution in [0, 0.1) is 6.92 Å². The molecule has 1 amide bonds. The normalized spacial score (nSPS) is 10.3. The molecule has 1 aromatic heterocycles. The second-order valence-electron chi connectivity index (χ2n) is 5.50. The second kappa shape index (κ2) is 7.81. The lowest BCUT2D eigenvalue weighted by Gasteiger charge is -2.11. The number of hydrogen-bond acceptors (Lipinski definition) is 5. The van der Waals surface area contributed by atoms with E-state index in [9.17, 15) is 4.79 Å². The average Bonchev–Trinajstić information content (AvgIpc) is 3.05. The SMILES string of the molecule is COc1ccccc1NCc1ccc(C(=O)Nc2nc(C)cs2)cc1. The van der Waals surface area contributed by atoms with Crippen LogP contribution in [-0.4, -0.2) is 18.0 Å². The number of rotatable bonds is 6. The maximum Gasteiger partial charge on any atom is 0.257 e. The Morgan fingerprint density at radius 1 is 1.16 bits per heavy atom. The Morgan fingerprint density at radius 3 is 2.60 bits per heavy atom. The minimum absolute atomic E-state index is 0.154. The van der Waals surface area contributed by atoms with Crippen molar-refractivity contribution in [3.8, 4) is 5.75 Å². The Balaban J connectivity index is 1.61. The van der Waals surface area contributed by atoms with Gasteiger partial charge in [-0.15, -0.1) is 11.3 Å². The molecule has 3 rings (SSSR count). The monoisotopic (exact) mass is 353 g/mol. The van der Waals surface area contributed by atoms with E-state index in [0.29, 0.717) is 17.2 Å². The van der Waals surface area contributed by atoms with Crippen molar-refractivity contribution in [1.29, 1.82) is 0 Å². The summed E-state index contributed by atoms with van der Waals surface area (Å²) in [5.41, 5.74) is 3.52. The van der Waals surface area contributed by atoms with Crippen molar-refractivity contribution in [1.82, 2.24) is 4.98 Å². The summed E-state index contributed by atoms with van der Waals surface area (Å²) in [5, 5.41) is 8.67. The van der Waals surface area contributed by atoms with Gasteiger partial charge in [-0.05, 0) is 36.8 Å². The summed E-state index contributed by atoms with van der Waals surface area (Å²) in [5.74, 6) is 0.649. The van der Waals surface area contributed by atoms with Gasteiger partial charge in [-0.1, -0.05) is 24.3 Å². The molecule has 0 spiro atoms. The molecule has 1 heterocycles. The van der Waals surface area contributed by atoms with Crippen LogP contribution >= 0.6 is 11.3 Å². The van der Waals surface area contributed by atoms with Gasteiger partial charge < -0.3 is 10.1 Å². The van der Waals surface area contributed by atoms with Gasteiger partial charge in [0.15, 0.2) is 5.13 Å². The van der Waals surface area contributed by atoms with Gasteiger partial charge >= 0.3 is 0 Å². The number of thiazole rings is 1. The van der Waals surface area contributed by atoms with E-state index >= 15 is 0 Å². The molecule has 0 aliphatic carbocycles. The fourth-order valence-corrected chi connectivity index (χ4v) is 3.03. The van der Waals surface area contributed by atoms with E-state index in [-0.39, 0.29) is 5.91 Å². The molecule has 3 aromatic rings. The van der Waals surface area contributed by atoms with Gasteiger partial charge in [0.2, 0.25) is 0 Å². The zero-order chi connectivity index (χ0) is 17.6. The summed E-state index contributed by atoms with van der Waals surface area (Å²) in [6.45, 7) is 2.55.